The van der Waals surface area contributed by atoms with Gasteiger partial charge in [-0.1, -0.05) is 352 Å². The van der Waals surface area contributed by atoms with Gasteiger partial charge in [0.05, 0.1) is 0 Å². The molecular weight excluding hydrogens is 1230 g/mol. The molecule has 0 spiro atoms. The van der Waals surface area contributed by atoms with E-state index in [-0.39, 0.29) is 0 Å². The van der Waals surface area contributed by atoms with Gasteiger partial charge in [0, 0.05) is 0 Å². The quantitative estimate of drug-likeness (QED) is 0.120. The Morgan fingerprint density at radius 1 is 0.0882 bits per heavy atom. The van der Waals surface area contributed by atoms with Crippen molar-refractivity contribution in [1.82, 2.24) is 0 Å². The summed E-state index contributed by atoms with van der Waals surface area (Å²) in [5, 5.41) is 22.1. The van der Waals surface area contributed by atoms with Crippen molar-refractivity contribution in [2.45, 2.75) is 0 Å². The molecule has 0 radical (unpaired) electrons. The minimum atomic E-state index is 1.15. The van der Waals surface area contributed by atoms with Crippen molar-refractivity contribution in [2.75, 3.05) is 0 Å². The van der Waals surface area contributed by atoms with Gasteiger partial charge in [0.1, 0.15) is 0 Å². The van der Waals surface area contributed by atoms with Crippen LogP contribution in [0.4, 0.5) is 0 Å². The summed E-state index contributed by atoms with van der Waals surface area (Å²) in [5.41, 5.74) is 23.9. The van der Waals surface area contributed by atoms with Crippen molar-refractivity contribution in [1.29, 1.82) is 0 Å². The van der Waals surface area contributed by atoms with Crippen LogP contribution in [0.2, 0.25) is 0 Å². The van der Waals surface area contributed by atoms with Crippen LogP contribution in [0.25, 0.3) is 208 Å². The van der Waals surface area contributed by atoms with Gasteiger partial charge < -0.3 is 0 Å². The second-order valence-corrected chi connectivity index (χ2v) is 27.3. The highest BCUT2D eigenvalue weighted by molar-refractivity contribution is 6.25. The predicted molar refractivity (Wildman–Crippen MR) is 438 cm³/mol. The maximum absolute atomic E-state index is 2.46. The Kier molecular flexibility index (Phi) is 14.0. The van der Waals surface area contributed by atoms with E-state index in [0.29, 0.717) is 0 Å². The summed E-state index contributed by atoms with van der Waals surface area (Å²) < 4.78 is 0. The van der Waals surface area contributed by atoms with Crippen molar-refractivity contribution < 1.29 is 0 Å². The lowest BCUT2D eigenvalue weighted by atomic mass is 9.78. The molecule has 0 fully saturated rings. The second kappa shape index (κ2) is 24.3. The monoisotopic (exact) mass is 1290 g/mol. The van der Waals surface area contributed by atoms with Gasteiger partial charge in [-0.15, -0.1) is 0 Å². The first-order valence-corrected chi connectivity index (χ1v) is 35.4. The van der Waals surface area contributed by atoms with Crippen LogP contribution < -0.4 is 0 Å². The highest BCUT2D eigenvalue weighted by atomic mass is 14.3. The van der Waals surface area contributed by atoms with E-state index in [0.717, 1.165) is 33.4 Å². The molecule has 0 N–H and O–H groups in total. The molecule has 20 aromatic carbocycles. The third-order valence-electron chi connectivity index (χ3n) is 21.6. The summed E-state index contributed by atoms with van der Waals surface area (Å²) in [6.45, 7) is 0. The molecule has 0 heterocycles. The van der Waals surface area contributed by atoms with E-state index in [1.54, 1.807) is 0 Å². The lowest BCUT2D eigenvalue weighted by molar-refractivity contribution is 1.56. The number of hydrogen-bond acceptors (Lipinski definition) is 0. The summed E-state index contributed by atoms with van der Waals surface area (Å²) in [6, 6.07) is 145. The SMILES string of the molecule is c1ccc(-c2c(-c3ccc(-c4ccc5c(-c6ccc7ccccc7c6)c6ccccc6c(-c6ccc7ccccc7c6)c5c4)cc3)c(-c3ccc(-c4ccc5c(-c6ccc7ccccc7c6)c6ccccc6c(-c6ccc7ccccc7c6)c5c4)cc3)c(-c3ccccc3)c3ccccc23)cc1. The topological polar surface area (TPSA) is 0 Å². The van der Waals surface area contributed by atoms with Gasteiger partial charge in [-0.25, -0.2) is 0 Å². The highest BCUT2D eigenvalue weighted by Crippen LogP contribution is 2.53. The molecular formula is C102H64. The standard InChI is InChI=1S/C102H64/c1-3-25-71(26-4-1)99-89-37-19-20-38-90(89)100(72-27-5-2-6-28-72)102(74-49-41-70(42-50-74)80-56-58-92-94(64-80)98(84-54-46-68-24-10-14-32-78(68)62-84)88-36-18-16-34-86(88)96(92)82-52-44-66-22-8-12-30-76(66)60-82)101(99)73-47-39-69(40-48-73)79-55-57-91-93(63-79)97(83-53-45-67-23-9-13-31-77(67)61-83)87-35-17-15-33-85(87)95(91)81-51-43-65-21-7-11-29-75(65)59-81/h1-64H. The number of hydrogen-bond donors (Lipinski definition) is 0. The minimum absolute atomic E-state index is 1.15. The van der Waals surface area contributed by atoms with Crippen LogP contribution in [-0.2, 0) is 0 Å². The molecule has 0 saturated heterocycles. The Hall–Kier alpha value is -13.3. The smallest absolute Gasteiger partial charge is 0.00141 e. The summed E-state index contributed by atoms with van der Waals surface area (Å²) in [5.74, 6) is 0. The number of fused-ring (bicyclic) bond motifs is 9. The molecule has 0 nitrogen and oxygen atoms in total. The fraction of sp³-hybridized carbons (Fsp3) is 0. The zero-order valence-corrected chi connectivity index (χ0v) is 56.0. The summed E-state index contributed by atoms with van der Waals surface area (Å²) in [4.78, 5) is 0. The first kappa shape index (κ1) is 58.9. The van der Waals surface area contributed by atoms with Crippen LogP contribution in [0.15, 0.2) is 388 Å². The van der Waals surface area contributed by atoms with Gasteiger partial charge in [-0.3, -0.25) is 0 Å². The van der Waals surface area contributed by atoms with Crippen molar-refractivity contribution >= 4 is 97.0 Å². The van der Waals surface area contributed by atoms with Crippen LogP contribution in [0.3, 0.4) is 0 Å². The van der Waals surface area contributed by atoms with Gasteiger partial charge in [-0.05, 0) is 245 Å². The van der Waals surface area contributed by atoms with Crippen LogP contribution in [-0.4, -0.2) is 0 Å². The molecule has 0 aliphatic heterocycles. The lowest BCUT2D eigenvalue weighted by Crippen LogP contribution is -1.97. The van der Waals surface area contributed by atoms with Crippen molar-refractivity contribution in [3.63, 3.8) is 0 Å². The molecule has 0 bridgehead atoms. The molecule has 0 saturated carbocycles. The van der Waals surface area contributed by atoms with E-state index in [9.17, 15) is 0 Å². The minimum Gasteiger partial charge on any atom is -0.0622 e. The largest absolute Gasteiger partial charge is 0.0622 e. The summed E-state index contributed by atoms with van der Waals surface area (Å²) in [6.07, 6.45) is 0. The maximum Gasteiger partial charge on any atom is -0.00141 e. The zero-order chi connectivity index (χ0) is 67.2. The molecule has 0 unspecified atom stereocenters. The normalized spacial score (nSPS) is 11.7. The van der Waals surface area contributed by atoms with E-state index in [1.165, 1.54) is 175 Å². The van der Waals surface area contributed by atoms with Gasteiger partial charge in [0.2, 0.25) is 0 Å². The third kappa shape index (κ3) is 9.90. The van der Waals surface area contributed by atoms with Crippen LogP contribution >= 0.6 is 0 Å². The van der Waals surface area contributed by atoms with Crippen molar-refractivity contribution in [3.8, 4) is 111 Å². The fourth-order valence-corrected chi connectivity index (χ4v) is 16.8. The van der Waals surface area contributed by atoms with E-state index in [1.807, 2.05) is 0 Å². The van der Waals surface area contributed by atoms with Gasteiger partial charge >= 0.3 is 0 Å². The lowest BCUT2D eigenvalue weighted by Gasteiger charge is -2.24. The molecule has 0 aliphatic rings. The fourth-order valence-electron chi connectivity index (χ4n) is 16.8. The van der Waals surface area contributed by atoms with E-state index < -0.39 is 0 Å². The molecule has 102 heavy (non-hydrogen) atoms. The Bertz CT molecular complexity index is 6350. The second-order valence-electron chi connectivity index (χ2n) is 27.3. The molecule has 0 aliphatic carbocycles. The molecule has 0 aromatic heterocycles. The van der Waals surface area contributed by atoms with Crippen molar-refractivity contribution in [2.24, 2.45) is 0 Å². The zero-order valence-electron chi connectivity index (χ0n) is 56.0. The average Bonchev–Trinajstić information content (AvgIpc) is 0.735. The molecule has 472 valence electrons. The van der Waals surface area contributed by atoms with Crippen LogP contribution in [0.1, 0.15) is 0 Å². The molecule has 0 heteroatoms. The third-order valence-corrected chi connectivity index (χ3v) is 21.6. The van der Waals surface area contributed by atoms with E-state index >= 15 is 0 Å². The maximum atomic E-state index is 2.46. The molecule has 0 atom stereocenters. The average molecular weight is 1290 g/mol. The van der Waals surface area contributed by atoms with Gasteiger partial charge in [0.25, 0.3) is 0 Å². The van der Waals surface area contributed by atoms with Crippen LogP contribution in [0.5, 0.6) is 0 Å². The molecule has 0 amide bonds. The number of benzene rings is 20. The summed E-state index contributed by atoms with van der Waals surface area (Å²) in [7, 11) is 0. The Labute approximate surface area is 592 Å². The van der Waals surface area contributed by atoms with Gasteiger partial charge in [-0.2, -0.15) is 0 Å². The van der Waals surface area contributed by atoms with Crippen LogP contribution in [0, 0.1) is 0 Å². The Morgan fingerprint density at radius 2 is 0.294 bits per heavy atom. The number of rotatable bonds is 10. The van der Waals surface area contributed by atoms with E-state index in [2.05, 4.69) is 388 Å². The first-order chi connectivity index (χ1) is 50.6. The molecule has 20 aromatic rings. The first-order valence-electron chi connectivity index (χ1n) is 35.4. The summed E-state index contributed by atoms with van der Waals surface area (Å²) >= 11 is 0. The van der Waals surface area contributed by atoms with Crippen molar-refractivity contribution in [3.05, 3.63) is 388 Å². The Morgan fingerprint density at radius 3 is 0.598 bits per heavy atom. The predicted octanol–water partition coefficient (Wildman–Crippen LogP) is 28.7. The van der Waals surface area contributed by atoms with Gasteiger partial charge in [0.15, 0.2) is 0 Å². The highest BCUT2D eigenvalue weighted by Gasteiger charge is 2.26. The Balaban J connectivity index is 0.779. The van der Waals surface area contributed by atoms with E-state index in [4.69, 9.17) is 0 Å². The molecule has 20 rings (SSSR count).